The van der Waals surface area contributed by atoms with E-state index >= 15 is 0 Å². The van der Waals surface area contributed by atoms with E-state index in [0.717, 1.165) is 0 Å². The molecule has 0 spiro atoms. The average Bonchev–Trinajstić information content (AvgIpc) is 2.37. The van der Waals surface area contributed by atoms with Crippen LogP contribution < -0.4 is 11.3 Å². The van der Waals surface area contributed by atoms with E-state index in [4.69, 9.17) is 10.9 Å². The molecule has 19 heavy (non-hydrogen) atoms. The maximum Gasteiger partial charge on any atom is 0.251 e. The summed E-state index contributed by atoms with van der Waals surface area (Å²) in [4.78, 5) is 22.1. The molecule has 2 aromatic rings. The summed E-state index contributed by atoms with van der Waals surface area (Å²) in [7, 11) is 0. The summed E-state index contributed by atoms with van der Waals surface area (Å²) in [5, 5.41) is 12.6. The number of nitrogens with zero attached hydrogens (tertiary/aromatic N) is 3. The maximum atomic E-state index is 11.2. The van der Waals surface area contributed by atoms with Gasteiger partial charge in [-0.2, -0.15) is 0 Å². The molecule has 4 N–H and O–H groups in total. The van der Waals surface area contributed by atoms with Gasteiger partial charge < -0.3 is 15.9 Å². The Morgan fingerprint density at radius 3 is 3.00 bits per heavy atom. The fraction of sp³-hybridized carbons (Fsp3) is 0.0909. The van der Waals surface area contributed by atoms with Crippen LogP contribution in [0.5, 0.6) is 0 Å². The fourth-order valence-electron chi connectivity index (χ4n) is 1.40. The standard InChI is InChI=1S/C11H11N5O2S/c1-6-4-7(10(12)16-18)5-9(14-6)19-11-13-3-2-8(17)15-11/h2-5,18H,1H3,(H2,12,16)(H,13,15,17). The highest BCUT2D eigenvalue weighted by Gasteiger charge is 2.07. The molecule has 2 aromatic heterocycles. The summed E-state index contributed by atoms with van der Waals surface area (Å²) in [5.41, 5.74) is 6.57. The molecular weight excluding hydrogens is 266 g/mol. The number of rotatable bonds is 3. The lowest BCUT2D eigenvalue weighted by atomic mass is 10.2. The normalized spacial score (nSPS) is 11.5. The van der Waals surface area contributed by atoms with Crippen molar-refractivity contribution in [1.82, 2.24) is 15.0 Å². The summed E-state index contributed by atoms with van der Waals surface area (Å²) >= 11 is 1.19. The second-order valence-electron chi connectivity index (χ2n) is 3.66. The first-order chi connectivity index (χ1) is 9.08. The monoisotopic (exact) mass is 277 g/mol. The smallest absolute Gasteiger partial charge is 0.251 e. The van der Waals surface area contributed by atoms with Crippen LogP contribution in [0.1, 0.15) is 11.3 Å². The molecule has 0 unspecified atom stereocenters. The second-order valence-corrected chi connectivity index (χ2v) is 4.67. The van der Waals surface area contributed by atoms with Crippen LogP contribution in [0.4, 0.5) is 0 Å². The van der Waals surface area contributed by atoms with Gasteiger partial charge in [0.2, 0.25) is 0 Å². The highest BCUT2D eigenvalue weighted by Crippen LogP contribution is 2.22. The highest BCUT2D eigenvalue weighted by atomic mass is 32.2. The van der Waals surface area contributed by atoms with E-state index in [0.29, 0.717) is 21.4 Å². The molecule has 0 saturated carbocycles. The molecule has 0 fully saturated rings. The molecule has 2 heterocycles. The number of aromatic amines is 1. The van der Waals surface area contributed by atoms with Gasteiger partial charge in [-0.05, 0) is 30.8 Å². The number of oxime groups is 1. The van der Waals surface area contributed by atoms with Gasteiger partial charge in [-0.25, -0.2) is 9.97 Å². The SMILES string of the molecule is Cc1cc(/C(N)=N/O)cc(Sc2nccc(=O)[nH]2)n1. The minimum Gasteiger partial charge on any atom is -0.409 e. The zero-order valence-corrected chi connectivity index (χ0v) is 10.8. The van der Waals surface area contributed by atoms with Crippen LogP contribution in [-0.2, 0) is 0 Å². The van der Waals surface area contributed by atoms with E-state index in [-0.39, 0.29) is 11.4 Å². The molecule has 0 aromatic carbocycles. The molecule has 0 saturated heterocycles. The van der Waals surface area contributed by atoms with Crippen molar-refractivity contribution in [2.45, 2.75) is 17.1 Å². The van der Waals surface area contributed by atoms with Gasteiger partial charge >= 0.3 is 0 Å². The molecule has 0 aliphatic carbocycles. The predicted octanol–water partition coefficient (Wildman–Crippen LogP) is 0.719. The van der Waals surface area contributed by atoms with Crippen molar-refractivity contribution >= 4 is 17.6 Å². The minimum absolute atomic E-state index is 0.00173. The van der Waals surface area contributed by atoms with Gasteiger partial charge in [0.15, 0.2) is 11.0 Å². The van der Waals surface area contributed by atoms with Gasteiger partial charge in [-0.1, -0.05) is 5.16 Å². The lowest BCUT2D eigenvalue weighted by Crippen LogP contribution is -2.13. The van der Waals surface area contributed by atoms with Gasteiger partial charge in [0.25, 0.3) is 5.56 Å². The van der Waals surface area contributed by atoms with Crippen LogP contribution >= 0.6 is 11.8 Å². The van der Waals surface area contributed by atoms with Gasteiger partial charge in [0.1, 0.15) is 5.03 Å². The van der Waals surface area contributed by atoms with Crippen LogP contribution in [0.25, 0.3) is 0 Å². The van der Waals surface area contributed by atoms with E-state index in [1.807, 2.05) is 0 Å². The first kappa shape index (κ1) is 13.1. The third-order valence-corrected chi connectivity index (χ3v) is 3.00. The molecule has 2 rings (SSSR count). The van der Waals surface area contributed by atoms with Crippen molar-refractivity contribution in [3.05, 3.63) is 46.0 Å². The average molecular weight is 277 g/mol. The number of aromatic nitrogens is 3. The third-order valence-electron chi connectivity index (χ3n) is 2.18. The van der Waals surface area contributed by atoms with E-state index in [1.165, 1.54) is 24.0 Å². The Hall–Kier alpha value is -2.35. The van der Waals surface area contributed by atoms with Crippen LogP contribution in [-0.4, -0.2) is 26.0 Å². The number of amidine groups is 1. The van der Waals surface area contributed by atoms with Crippen molar-refractivity contribution in [3.8, 4) is 0 Å². The molecule has 0 atom stereocenters. The Morgan fingerprint density at radius 2 is 2.32 bits per heavy atom. The predicted molar refractivity (Wildman–Crippen MR) is 70.5 cm³/mol. The van der Waals surface area contributed by atoms with Gasteiger partial charge in [-0.15, -0.1) is 0 Å². The minimum atomic E-state index is -0.234. The van der Waals surface area contributed by atoms with E-state index < -0.39 is 0 Å². The summed E-state index contributed by atoms with van der Waals surface area (Å²) in [6, 6.07) is 4.68. The Labute approximate surface area is 112 Å². The maximum absolute atomic E-state index is 11.2. The molecule has 8 heteroatoms. The van der Waals surface area contributed by atoms with Crippen molar-refractivity contribution in [2.24, 2.45) is 10.9 Å². The lowest BCUT2D eigenvalue weighted by molar-refractivity contribution is 0.318. The Morgan fingerprint density at radius 1 is 1.53 bits per heavy atom. The van der Waals surface area contributed by atoms with Gasteiger partial charge in [0.05, 0.1) is 0 Å². The Balaban J connectivity index is 2.35. The number of H-pyrrole nitrogens is 1. The number of hydrogen-bond donors (Lipinski definition) is 3. The topological polar surface area (TPSA) is 117 Å². The Bertz CT molecular complexity index is 683. The molecule has 0 amide bonds. The van der Waals surface area contributed by atoms with Gasteiger partial charge in [0, 0.05) is 23.5 Å². The van der Waals surface area contributed by atoms with Crippen LogP contribution in [0.15, 0.2) is 44.5 Å². The van der Waals surface area contributed by atoms with Gasteiger partial charge in [-0.3, -0.25) is 4.79 Å². The quantitative estimate of drug-likeness (QED) is 0.250. The zero-order valence-electron chi connectivity index (χ0n) is 9.99. The first-order valence-corrected chi connectivity index (χ1v) is 6.10. The molecule has 7 nitrogen and oxygen atoms in total. The zero-order chi connectivity index (χ0) is 13.8. The molecule has 0 bridgehead atoms. The van der Waals surface area contributed by atoms with Crippen molar-refractivity contribution in [1.29, 1.82) is 0 Å². The molecule has 0 aliphatic rings. The van der Waals surface area contributed by atoms with Crippen molar-refractivity contribution in [3.63, 3.8) is 0 Å². The van der Waals surface area contributed by atoms with E-state index in [9.17, 15) is 4.79 Å². The van der Waals surface area contributed by atoms with Crippen molar-refractivity contribution in [2.75, 3.05) is 0 Å². The summed E-state index contributed by atoms with van der Waals surface area (Å²) in [6.45, 7) is 1.79. The van der Waals surface area contributed by atoms with Crippen molar-refractivity contribution < 1.29 is 5.21 Å². The third kappa shape index (κ3) is 3.32. The summed E-state index contributed by atoms with van der Waals surface area (Å²) in [6.07, 6.45) is 1.42. The number of nitrogens with two attached hydrogens (primary N) is 1. The molecule has 0 aliphatic heterocycles. The van der Waals surface area contributed by atoms with E-state index in [2.05, 4.69) is 20.1 Å². The lowest BCUT2D eigenvalue weighted by Gasteiger charge is -2.04. The number of nitrogens with one attached hydrogen (secondary N) is 1. The summed E-state index contributed by atoms with van der Waals surface area (Å²) in [5.74, 6) is 0.00173. The first-order valence-electron chi connectivity index (χ1n) is 5.28. The number of aryl methyl sites for hydroxylation is 1. The summed E-state index contributed by atoms with van der Waals surface area (Å²) < 4.78 is 0. The van der Waals surface area contributed by atoms with Crippen LogP contribution in [0.3, 0.4) is 0 Å². The van der Waals surface area contributed by atoms with Crippen LogP contribution in [0.2, 0.25) is 0 Å². The van der Waals surface area contributed by atoms with E-state index in [1.54, 1.807) is 19.1 Å². The second kappa shape index (κ2) is 5.53. The molecule has 98 valence electrons. The highest BCUT2D eigenvalue weighted by molar-refractivity contribution is 7.99. The largest absolute Gasteiger partial charge is 0.409 e. The molecular formula is C11H11N5O2S. The Kier molecular flexibility index (Phi) is 3.81. The molecule has 0 radical (unpaired) electrons. The number of hydrogen-bond acceptors (Lipinski definition) is 6. The van der Waals surface area contributed by atoms with Crippen LogP contribution in [0, 0.1) is 6.92 Å². The fourth-order valence-corrected chi connectivity index (χ4v) is 2.24. The number of pyridine rings is 1.